The summed E-state index contributed by atoms with van der Waals surface area (Å²) in [6.07, 6.45) is 8.04. The molecule has 1 rings (SSSR count). The lowest BCUT2D eigenvalue weighted by Gasteiger charge is -2.27. The largest absolute Gasteiger partial charge is 0.354 e. The molecule has 0 aliphatic rings. The summed E-state index contributed by atoms with van der Waals surface area (Å²) in [5.41, 5.74) is 1.20. The Balaban J connectivity index is 0.00000484. The van der Waals surface area contributed by atoms with Crippen LogP contribution in [0.25, 0.3) is 0 Å². The molecule has 1 aromatic heterocycles. The molecule has 0 aliphatic carbocycles. The molecule has 23 heavy (non-hydrogen) atoms. The Bertz CT molecular complexity index is 483. The van der Waals surface area contributed by atoms with Crippen LogP contribution in [-0.4, -0.2) is 66.8 Å². The van der Waals surface area contributed by atoms with E-state index in [9.17, 15) is 0 Å². The van der Waals surface area contributed by atoms with Crippen molar-refractivity contribution in [2.75, 3.05) is 41.3 Å². The van der Waals surface area contributed by atoms with Crippen molar-refractivity contribution in [2.24, 2.45) is 12.0 Å². The normalized spacial score (nSPS) is 12.7. The maximum atomic E-state index is 4.36. The van der Waals surface area contributed by atoms with Crippen LogP contribution < -0.4 is 5.32 Å². The van der Waals surface area contributed by atoms with Crippen LogP contribution in [0.1, 0.15) is 24.4 Å². The molecule has 0 aliphatic heterocycles. The molecule has 0 saturated carbocycles. The SMILES string of the molecule is C=CCCCN(C)C(=NC)NCC(c1cnn(C)c1)N(C)C.I. The number of nitrogens with one attached hydrogen (secondary N) is 1. The van der Waals surface area contributed by atoms with Gasteiger partial charge >= 0.3 is 0 Å². The molecule has 0 spiro atoms. The average Bonchev–Trinajstić information content (AvgIpc) is 2.89. The molecule has 0 amide bonds. The number of unbranched alkanes of at least 4 members (excludes halogenated alkanes) is 1. The van der Waals surface area contributed by atoms with Crippen LogP contribution in [-0.2, 0) is 7.05 Å². The summed E-state index contributed by atoms with van der Waals surface area (Å²) in [4.78, 5) is 8.70. The number of likely N-dealkylation sites (N-methyl/N-ethyl adjacent to an activating group) is 1. The average molecular weight is 434 g/mol. The second-order valence-electron chi connectivity index (χ2n) is 5.71. The predicted octanol–water partition coefficient (Wildman–Crippen LogP) is 2.11. The Morgan fingerprint density at radius 2 is 2.17 bits per heavy atom. The van der Waals surface area contributed by atoms with Gasteiger partial charge in [0.1, 0.15) is 0 Å². The van der Waals surface area contributed by atoms with Crippen molar-refractivity contribution in [1.29, 1.82) is 0 Å². The van der Waals surface area contributed by atoms with Gasteiger partial charge in [-0.15, -0.1) is 30.6 Å². The lowest BCUT2D eigenvalue weighted by Crippen LogP contribution is -2.43. The number of hydrogen-bond donors (Lipinski definition) is 1. The molecular formula is C16H31IN6. The van der Waals surface area contributed by atoms with Crippen molar-refractivity contribution in [3.8, 4) is 0 Å². The number of rotatable bonds is 8. The molecule has 1 heterocycles. The van der Waals surface area contributed by atoms with E-state index in [0.717, 1.165) is 31.9 Å². The molecule has 1 unspecified atom stereocenters. The summed E-state index contributed by atoms with van der Waals surface area (Å²) in [6.45, 7) is 5.51. The molecule has 7 heteroatoms. The highest BCUT2D eigenvalue weighted by Crippen LogP contribution is 2.16. The minimum atomic E-state index is 0. The van der Waals surface area contributed by atoms with Gasteiger partial charge in [0.05, 0.1) is 12.2 Å². The first-order valence-electron chi connectivity index (χ1n) is 7.67. The van der Waals surface area contributed by atoms with E-state index >= 15 is 0 Å². The maximum Gasteiger partial charge on any atom is 0.193 e. The first-order chi connectivity index (χ1) is 10.5. The number of aliphatic imine (C=N–C) groups is 1. The second kappa shape index (κ2) is 11.4. The van der Waals surface area contributed by atoms with Crippen LogP contribution in [0, 0.1) is 0 Å². The molecule has 1 atom stereocenters. The lowest BCUT2D eigenvalue weighted by molar-refractivity contribution is 0.295. The van der Waals surface area contributed by atoms with E-state index in [2.05, 4.69) is 59.1 Å². The molecule has 0 bridgehead atoms. The summed E-state index contributed by atoms with van der Waals surface area (Å²) in [7, 11) is 9.98. The van der Waals surface area contributed by atoms with Gasteiger partial charge in [0, 0.05) is 46.0 Å². The van der Waals surface area contributed by atoms with Crippen molar-refractivity contribution in [1.82, 2.24) is 24.9 Å². The van der Waals surface area contributed by atoms with Crippen LogP contribution in [0.2, 0.25) is 0 Å². The molecule has 0 fully saturated rings. The maximum absolute atomic E-state index is 4.36. The Morgan fingerprint density at radius 1 is 1.48 bits per heavy atom. The van der Waals surface area contributed by atoms with Gasteiger partial charge in [-0.05, 0) is 26.9 Å². The number of aryl methyl sites for hydroxylation is 1. The minimum absolute atomic E-state index is 0. The van der Waals surface area contributed by atoms with Crippen LogP contribution in [0.5, 0.6) is 0 Å². The molecule has 6 nitrogen and oxygen atoms in total. The summed E-state index contributed by atoms with van der Waals surface area (Å²) in [6, 6.07) is 0.257. The molecular weight excluding hydrogens is 403 g/mol. The van der Waals surface area contributed by atoms with Crippen molar-refractivity contribution in [2.45, 2.75) is 18.9 Å². The van der Waals surface area contributed by atoms with Gasteiger partial charge < -0.3 is 15.1 Å². The van der Waals surface area contributed by atoms with Crippen LogP contribution in [0.15, 0.2) is 30.0 Å². The van der Waals surface area contributed by atoms with E-state index in [4.69, 9.17) is 0 Å². The van der Waals surface area contributed by atoms with Crippen molar-refractivity contribution < 1.29 is 0 Å². The van der Waals surface area contributed by atoms with E-state index in [1.54, 1.807) is 0 Å². The number of aromatic nitrogens is 2. The Kier molecular flexibility index (Phi) is 10.9. The smallest absolute Gasteiger partial charge is 0.193 e. The summed E-state index contributed by atoms with van der Waals surface area (Å²) >= 11 is 0. The highest BCUT2D eigenvalue weighted by molar-refractivity contribution is 14.0. The first kappa shape index (κ1) is 21.9. The fourth-order valence-corrected chi connectivity index (χ4v) is 2.36. The van der Waals surface area contributed by atoms with Gasteiger partial charge in [-0.1, -0.05) is 6.08 Å². The number of hydrogen-bond acceptors (Lipinski definition) is 3. The predicted molar refractivity (Wildman–Crippen MR) is 108 cm³/mol. The number of allylic oxidation sites excluding steroid dienone is 1. The van der Waals surface area contributed by atoms with Crippen LogP contribution in [0.4, 0.5) is 0 Å². The lowest BCUT2D eigenvalue weighted by atomic mass is 10.1. The minimum Gasteiger partial charge on any atom is -0.354 e. The van der Waals surface area contributed by atoms with Gasteiger partial charge in [0.2, 0.25) is 0 Å². The van der Waals surface area contributed by atoms with Crippen LogP contribution in [0.3, 0.4) is 0 Å². The van der Waals surface area contributed by atoms with Crippen LogP contribution >= 0.6 is 24.0 Å². The summed E-state index contributed by atoms with van der Waals surface area (Å²) in [5.74, 6) is 0.916. The number of halogens is 1. The third-order valence-corrected chi connectivity index (χ3v) is 3.66. The van der Waals surface area contributed by atoms with Crippen molar-refractivity contribution >= 4 is 29.9 Å². The van der Waals surface area contributed by atoms with Crippen molar-refractivity contribution in [3.05, 3.63) is 30.6 Å². The quantitative estimate of drug-likeness (QED) is 0.224. The van der Waals surface area contributed by atoms with E-state index < -0.39 is 0 Å². The van der Waals surface area contributed by atoms with E-state index in [0.29, 0.717) is 0 Å². The Labute approximate surface area is 157 Å². The highest BCUT2D eigenvalue weighted by atomic mass is 127. The number of nitrogens with zero attached hydrogens (tertiary/aromatic N) is 5. The third-order valence-electron chi connectivity index (χ3n) is 3.66. The molecule has 1 aromatic rings. The topological polar surface area (TPSA) is 48.7 Å². The summed E-state index contributed by atoms with van der Waals surface area (Å²) in [5, 5.41) is 7.72. The Hall–Kier alpha value is -1.09. The van der Waals surface area contributed by atoms with E-state index in [1.165, 1.54) is 5.56 Å². The van der Waals surface area contributed by atoms with Gasteiger partial charge in [-0.25, -0.2) is 0 Å². The third kappa shape index (κ3) is 7.34. The second-order valence-corrected chi connectivity index (χ2v) is 5.71. The zero-order valence-electron chi connectivity index (χ0n) is 15.0. The molecule has 132 valence electrons. The fraction of sp³-hybridized carbons (Fsp3) is 0.625. The van der Waals surface area contributed by atoms with Crippen molar-refractivity contribution in [3.63, 3.8) is 0 Å². The monoisotopic (exact) mass is 434 g/mol. The van der Waals surface area contributed by atoms with E-state index in [-0.39, 0.29) is 30.0 Å². The van der Waals surface area contributed by atoms with Gasteiger partial charge in [0.25, 0.3) is 0 Å². The zero-order valence-corrected chi connectivity index (χ0v) is 17.3. The van der Waals surface area contributed by atoms with Gasteiger partial charge in [0.15, 0.2) is 5.96 Å². The van der Waals surface area contributed by atoms with Gasteiger partial charge in [-0.2, -0.15) is 5.10 Å². The first-order valence-corrected chi connectivity index (χ1v) is 7.67. The number of guanidine groups is 1. The molecule has 0 aromatic carbocycles. The zero-order chi connectivity index (χ0) is 16.5. The fourth-order valence-electron chi connectivity index (χ4n) is 2.36. The molecule has 1 N–H and O–H groups in total. The summed E-state index contributed by atoms with van der Waals surface area (Å²) < 4.78 is 1.84. The van der Waals surface area contributed by atoms with E-state index in [1.807, 2.05) is 31.1 Å². The Morgan fingerprint density at radius 3 is 2.65 bits per heavy atom. The highest BCUT2D eigenvalue weighted by Gasteiger charge is 2.17. The molecule has 0 saturated heterocycles. The standard InChI is InChI=1S/C16H30N6.HI/c1-7-8-9-10-21(5)16(17-2)18-12-15(20(3)4)14-11-19-22(6)13-14;/h7,11,13,15H,1,8-10,12H2,2-6H3,(H,17,18);1H. The molecule has 0 radical (unpaired) electrons. The van der Waals surface area contributed by atoms with Gasteiger partial charge in [-0.3, -0.25) is 9.67 Å².